The van der Waals surface area contributed by atoms with E-state index in [1.165, 1.54) is 24.3 Å². The lowest BCUT2D eigenvalue weighted by Crippen LogP contribution is -2.27. The molecular weight excluding hydrogens is 358 g/mol. The number of thioether (sulfide) groups is 1. The summed E-state index contributed by atoms with van der Waals surface area (Å²) < 4.78 is 6.22. The predicted octanol–water partition coefficient (Wildman–Crippen LogP) is 3.65. The molecule has 134 valence electrons. The van der Waals surface area contributed by atoms with E-state index < -0.39 is 9.85 Å². The molecule has 3 unspecified atom stereocenters. The molecule has 8 nitrogen and oxygen atoms in total. The molecule has 4 rings (SSSR count). The van der Waals surface area contributed by atoms with Gasteiger partial charge in [-0.2, -0.15) is 0 Å². The van der Waals surface area contributed by atoms with Crippen molar-refractivity contribution < 1.29 is 14.6 Å². The highest BCUT2D eigenvalue weighted by Gasteiger charge is 2.46. The Morgan fingerprint density at radius 2 is 1.46 bits per heavy atom. The largest absolute Gasteiger partial charge is 0.352 e. The zero-order chi connectivity index (χ0) is 18.3. The second-order valence-corrected chi connectivity index (χ2v) is 7.17. The highest BCUT2D eigenvalue weighted by atomic mass is 32.2. The molecule has 3 atom stereocenters. The summed E-state index contributed by atoms with van der Waals surface area (Å²) in [4.78, 5) is 23.2. The van der Waals surface area contributed by atoms with Crippen molar-refractivity contribution in [3.63, 3.8) is 0 Å². The minimum Gasteiger partial charge on any atom is -0.352 e. The third kappa shape index (κ3) is 2.94. The smallest absolute Gasteiger partial charge is 0.269 e. The number of nitro benzene ring substituents is 2. The molecule has 0 N–H and O–H groups in total. The molecule has 0 radical (unpaired) electrons. The molecule has 0 aromatic heterocycles. The number of nitro groups is 2. The minimum atomic E-state index is -0.429. The average molecular weight is 373 g/mol. The summed E-state index contributed by atoms with van der Waals surface area (Å²) >= 11 is 1.78. The van der Waals surface area contributed by atoms with Gasteiger partial charge in [-0.05, 0) is 23.3 Å². The van der Waals surface area contributed by atoms with Crippen LogP contribution in [0.1, 0.15) is 23.3 Å². The van der Waals surface area contributed by atoms with Crippen LogP contribution in [-0.4, -0.2) is 32.6 Å². The Morgan fingerprint density at radius 3 is 2.00 bits per heavy atom. The summed E-state index contributed by atoms with van der Waals surface area (Å²) in [6.45, 7) is 0. The van der Waals surface area contributed by atoms with Gasteiger partial charge in [0.1, 0.15) is 12.3 Å². The van der Waals surface area contributed by atoms with Gasteiger partial charge in [-0.25, -0.2) is 0 Å². The van der Waals surface area contributed by atoms with Gasteiger partial charge >= 0.3 is 0 Å². The molecule has 0 aliphatic carbocycles. The Kier molecular flexibility index (Phi) is 4.35. The molecule has 2 saturated heterocycles. The fourth-order valence-corrected chi connectivity index (χ4v) is 4.55. The van der Waals surface area contributed by atoms with Gasteiger partial charge in [0.05, 0.1) is 15.9 Å². The number of ether oxygens (including phenoxy) is 1. The quantitative estimate of drug-likeness (QED) is 0.596. The van der Waals surface area contributed by atoms with Crippen LogP contribution in [0.3, 0.4) is 0 Å². The molecule has 2 heterocycles. The molecule has 0 saturated carbocycles. The Morgan fingerprint density at radius 1 is 0.923 bits per heavy atom. The second-order valence-electron chi connectivity index (χ2n) is 6.17. The summed E-state index contributed by atoms with van der Waals surface area (Å²) in [7, 11) is 0. The maximum Gasteiger partial charge on any atom is 0.269 e. The van der Waals surface area contributed by atoms with Crippen LogP contribution in [0, 0.1) is 20.2 Å². The SMILES string of the molecule is O=[N+]([O-])c1ccc(C2OC3CSCN3C2c2ccc([N+](=O)[O-])cc2)cc1. The number of nitrogens with zero attached hydrogens (tertiary/aromatic N) is 3. The number of non-ortho nitro benzene ring substituents is 2. The van der Waals surface area contributed by atoms with Crippen LogP contribution >= 0.6 is 11.8 Å². The molecule has 2 aromatic rings. The van der Waals surface area contributed by atoms with Crippen molar-refractivity contribution in [3.8, 4) is 0 Å². The highest BCUT2D eigenvalue weighted by Crippen LogP contribution is 2.49. The normalized spacial score (nSPS) is 25.2. The van der Waals surface area contributed by atoms with Gasteiger partial charge in [0.15, 0.2) is 0 Å². The zero-order valence-corrected chi connectivity index (χ0v) is 14.4. The van der Waals surface area contributed by atoms with Gasteiger partial charge in [0, 0.05) is 35.9 Å². The summed E-state index contributed by atoms with van der Waals surface area (Å²) in [5.74, 6) is 1.67. The van der Waals surface area contributed by atoms with Crippen LogP contribution in [0.5, 0.6) is 0 Å². The first-order valence-electron chi connectivity index (χ1n) is 8.02. The topological polar surface area (TPSA) is 98.8 Å². The van der Waals surface area contributed by atoms with Crippen LogP contribution in [0.4, 0.5) is 11.4 Å². The molecule has 0 spiro atoms. The number of rotatable bonds is 4. The van der Waals surface area contributed by atoms with E-state index in [4.69, 9.17) is 4.74 Å². The number of hydrogen-bond acceptors (Lipinski definition) is 7. The molecular formula is C17H15N3O5S. The maximum atomic E-state index is 10.9. The van der Waals surface area contributed by atoms with Crippen molar-refractivity contribution >= 4 is 23.1 Å². The fourth-order valence-electron chi connectivity index (χ4n) is 3.44. The van der Waals surface area contributed by atoms with Crippen LogP contribution in [0.15, 0.2) is 48.5 Å². The first kappa shape index (κ1) is 17.0. The van der Waals surface area contributed by atoms with Crippen molar-refractivity contribution in [1.29, 1.82) is 0 Å². The van der Waals surface area contributed by atoms with Crippen LogP contribution in [-0.2, 0) is 4.74 Å². The van der Waals surface area contributed by atoms with Crippen LogP contribution in [0.2, 0.25) is 0 Å². The monoisotopic (exact) mass is 373 g/mol. The van der Waals surface area contributed by atoms with E-state index in [1.54, 1.807) is 36.0 Å². The average Bonchev–Trinajstić information content (AvgIpc) is 3.23. The summed E-state index contributed by atoms with van der Waals surface area (Å²) in [6.07, 6.45) is -0.302. The Bertz CT molecular complexity index is 842. The van der Waals surface area contributed by atoms with E-state index in [0.29, 0.717) is 0 Å². The maximum absolute atomic E-state index is 10.9. The van der Waals surface area contributed by atoms with Crippen molar-refractivity contribution in [1.82, 2.24) is 4.90 Å². The summed E-state index contributed by atoms with van der Waals surface area (Å²) in [5.41, 5.74) is 1.88. The van der Waals surface area contributed by atoms with Crippen LogP contribution in [0.25, 0.3) is 0 Å². The van der Waals surface area contributed by atoms with Crippen LogP contribution < -0.4 is 0 Å². The van der Waals surface area contributed by atoms with E-state index in [1.807, 2.05) is 0 Å². The molecule has 0 bridgehead atoms. The van der Waals surface area contributed by atoms with Crippen molar-refractivity contribution in [2.75, 3.05) is 11.6 Å². The Hall–Kier alpha value is -2.49. The zero-order valence-electron chi connectivity index (χ0n) is 13.6. The molecule has 2 aromatic carbocycles. The van der Waals surface area contributed by atoms with E-state index in [2.05, 4.69) is 4.90 Å². The Balaban J connectivity index is 1.68. The van der Waals surface area contributed by atoms with Gasteiger partial charge in [-0.3, -0.25) is 25.1 Å². The third-order valence-corrected chi connectivity index (χ3v) is 5.70. The van der Waals surface area contributed by atoms with Gasteiger partial charge in [0.2, 0.25) is 0 Å². The highest BCUT2D eigenvalue weighted by molar-refractivity contribution is 7.99. The van der Waals surface area contributed by atoms with E-state index in [0.717, 1.165) is 22.8 Å². The van der Waals surface area contributed by atoms with Gasteiger partial charge in [-0.1, -0.05) is 12.1 Å². The van der Waals surface area contributed by atoms with E-state index in [9.17, 15) is 20.2 Å². The summed E-state index contributed by atoms with van der Waals surface area (Å²) in [5, 5.41) is 21.8. The van der Waals surface area contributed by atoms with Gasteiger partial charge in [0.25, 0.3) is 11.4 Å². The fraction of sp³-hybridized carbons (Fsp3) is 0.294. The molecule has 9 heteroatoms. The molecule has 2 aliphatic rings. The van der Waals surface area contributed by atoms with Crippen molar-refractivity contribution in [2.45, 2.75) is 18.4 Å². The van der Waals surface area contributed by atoms with E-state index >= 15 is 0 Å². The van der Waals surface area contributed by atoms with Crippen molar-refractivity contribution in [3.05, 3.63) is 79.9 Å². The number of fused-ring (bicyclic) bond motifs is 1. The lowest BCUT2D eigenvalue weighted by atomic mass is 9.95. The third-order valence-electron chi connectivity index (χ3n) is 4.70. The summed E-state index contributed by atoms with van der Waals surface area (Å²) in [6, 6.07) is 12.8. The minimum absolute atomic E-state index is 0.0274. The molecule has 2 aliphatic heterocycles. The Labute approximate surface area is 153 Å². The van der Waals surface area contributed by atoms with Gasteiger partial charge in [-0.15, -0.1) is 11.8 Å². The van der Waals surface area contributed by atoms with Gasteiger partial charge < -0.3 is 4.74 Å². The molecule has 0 amide bonds. The first-order chi connectivity index (χ1) is 12.5. The number of hydrogen-bond donors (Lipinski definition) is 0. The first-order valence-corrected chi connectivity index (χ1v) is 9.18. The molecule has 26 heavy (non-hydrogen) atoms. The molecule has 2 fully saturated rings. The van der Waals surface area contributed by atoms with E-state index in [-0.39, 0.29) is 29.7 Å². The predicted molar refractivity (Wildman–Crippen MR) is 95.7 cm³/mol. The van der Waals surface area contributed by atoms with Crippen molar-refractivity contribution in [2.24, 2.45) is 0 Å². The lowest BCUT2D eigenvalue weighted by Gasteiger charge is -2.24. The lowest BCUT2D eigenvalue weighted by molar-refractivity contribution is -0.385. The second kappa shape index (κ2) is 6.67. The number of benzene rings is 2. The standard InChI is InChI=1S/C17H15N3O5S/c21-19(22)13-5-1-11(2-6-13)16-17(25-15-9-26-10-18(15)16)12-3-7-14(8-4-12)20(23)24/h1-8,15-17H,9-10H2.